The third-order valence-electron chi connectivity index (χ3n) is 0.638. The minimum absolute atomic E-state index is 0. The first-order chi connectivity index (χ1) is 11.1. The summed E-state index contributed by atoms with van der Waals surface area (Å²) in [5, 5.41) is 0. The number of hydrogen-bond donors (Lipinski definition) is 12. The van der Waals surface area contributed by atoms with Crippen molar-refractivity contribution >= 4 is 46.9 Å². The number of rotatable bonds is 6. The van der Waals surface area contributed by atoms with E-state index in [2.05, 4.69) is 12.9 Å². The van der Waals surface area contributed by atoms with Gasteiger partial charge in [-0.3, -0.25) is 0 Å². The topological polar surface area (TPSA) is 373 Å². The molecular formula is H12Fe4O21P6. The predicted molar refractivity (Wildman–Crippen MR) is 75.5 cm³/mol. The molecule has 0 aromatic carbocycles. The van der Waals surface area contributed by atoms with Gasteiger partial charge in [0.15, 0.2) is 0 Å². The number of hydrogen-bond acceptors (Lipinski definition) is 9. The van der Waals surface area contributed by atoms with E-state index in [-0.39, 0.29) is 68.3 Å². The minimum Gasteiger partial charge on any atom is -0.302 e. The van der Waals surface area contributed by atoms with Crippen LogP contribution in [0.25, 0.3) is 0 Å². The average Bonchev–Trinajstić information content (AvgIpc) is 1.96. The maximum Gasteiger partial charge on any atom is 0.478 e. The molecule has 0 aromatic heterocycles. The minimum atomic E-state index is -5.05. The van der Waals surface area contributed by atoms with Gasteiger partial charge in [-0.2, -0.15) is 12.9 Å². The Hall–Kier alpha value is 2.86. The zero-order chi connectivity index (χ0) is 23.1. The van der Waals surface area contributed by atoms with E-state index < -0.39 is 46.9 Å². The molecular weight excluding hydrogens is 745 g/mol. The van der Waals surface area contributed by atoms with Gasteiger partial charge in [0.25, 0.3) is 0 Å². The Bertz CT molecular complexity index is 559. The molecule has 200 valence electrons. The smallest absolute Gasteiger partial charge is 0.302 e. The van der Waals surface area contributed by atoms with Crippen molar-refractivity contribution < 1.29 is 167 Å². The molecule has 0 fully saturated rings. The largest absolute Gasteiger partial charge is 0.478 e. The monoisotopic (exact) mass is 758 g/mol. The Morgan fingerprint density at radius 3 is 0.355 bits per heavy atom. The summed E-state index contributed by atoms with van der Waals surface area (Å²) in [5.41, 5.74) is 0. The van der Waals surface area contributed by atoms with Gasteiger partial charge in [0.2, 0.25) is 0 Å². The Morgan fingerprint density at radius 1 is 0.290 bits per heavy atom. The van der Waals surface area contributed by atoms with Crippen LogP contribution in [-0.4, -0.2) is 58.7 Å². The Labute approximate surface area is 213 Å². The third kappa shape index (κ3) is 71.9. The van der Waals surface area contributed by atoms with Gasteiger partial charge in [0, 0.05) is 68.3 Å². The summed E-state index contributed by atoms with van der Waals surface area (Å²) in [4.78, 5) is 93.0. The van der Waals surface area contributed by atoms with Crippen molar-refractivity contribution in [2.24, 2.45) is 0 Å². The molecule has 0 aliphatic rings. The second kappa shape index (κ2) is 19.0. The first-order valence-electron chi connectivity index (χ1n) is 4.59. The molecule has 31 heavy (non-hydrogen) atoms. The predicted octanol–water partition coefficient (Wildman–Crippen LogP) is -2.44. The van der Waals surface area contributed by atoms with Crippen LogP contribution >= 0.6 is 46.9 Å². The molecule has 0 unspecified atom stereocenters. The number of phosphoric acid groups is 6. The van der Waals surface area contributed by atoms with E-state index in [1.54, 1.807) is 0 Å². The van der Waals surface area contributed by atoms with Crippen molar-refractivity contribution in [3.63, 3.8) is 0 Å². The first-order valence-corrected chi connectivity index (χ1v) is 13.8. The van der Waals surface area contributed by atoms with Crippen molar-refractivity contribution in [1.29, 1.82) is 0 Å². The summed E-state index contributed by atoms with van der Waals surface area (Å²) in [7, 11) is -30.3. The van der Waals surface area contributed by atoms with Crippen LogP contribution < -0.4 is 0 Å². The molecule has 0 bridgehead atoms. The maximum atomic E-state index is 9.63. The van der Waals surface area contributed by atoms with Crippen molar-refractivity contribution in [2.75, 3.05) is 0 Å². The van der Waals surface area contributed by atoms with Gasteiger partial charge in [-0.05, 0) is 0 Å². The molecule has 0 saturated carbocycles. The molecule has 0 saturated heterocycles. The molecule has 21 nitrogen and oxygen atoms in total. The fourth-order valence-electron chi connectivity index (χ4n) is 0.416. The van der Waals surface area contributed by atoms with E-state index in [4.69, 9.17) is 58.7 Å². The van der Waals surface area contributed by atoms with Gasteiger partial charge >= 0.3 is 46.9 Å². The van der Waals surface area contributed by atoms with Crippen molar-refractivity contribution in [1.82, 2.24) is 0 Å². The van der Waals surface area contributed by atoms with E-state index in [1.807, 2.05) is 0 Å². The van der Waals surface area contributed by atoms with E-state index >= 15 is 0 Å². The molecule has 0 aliphatic carbocycles. The average molecular weight is 757 g/mol. The molecule has 0 heterocycles. The van der Waals surface area contributed by atoms with Crippen LogP contribution in [0, 0.1) is 0 Å². The van der Waals surface area contributed by atoms with Crippen LogP contribution in [0.3, 0.4) is 0 Å². The fourth-order valence-corrected chi connectivity index (χ4v) is 3.74. The summed E-state index contributed by atoms with van der Waals surface area (Å²) in [6.07, 6.45) is 0. The quantitative estimate of drug-likeness (QED) is 0.0988. The van der Waals surface area contributed by atoms with Crippen LogP contribution in [-0.2, 0) is 109 Å². The summed E-state index contributed by atoms with van der Waals surface area (Å²) in [5.74, 6) is 0. The zero-order valence-electron chi connectivity index (χ0n) is 13.1. The molecule has 0 atom stereocenters. The van der Waals surface area contributed by atoms with E-state index in [1.165, 1.54) is 0 Å². The van der Waals surface area contributed by atoms with Gasteiger partial charge in [-0.15, -0.1) is 0 Å². The molecule has 0 aliphatic heterocycles. The van der Waals surface area contributed by atoms with Crippen LogP contribution in [0.4, 0.5) is 0 Å². The van der Waals surface area contributed by atoms with Gasteiger partial charge in [-0.1, -0.05) is 0 Å². The van der Waals surface area contributed by atoms with Crippen LogP contribution in [0.5, 0.6) is 0 Å². The van der Waals surface area contributed by atoms with Crippen LogP contribution in [0.2, 0.25) is 0 Å². The van der Waals surface area contributed by atoms with Gasteiger partial charge < -0.3 is 58.7 Å². The Kier molecular flexibility index (Phi) is 31.1. The summed E-state index contributed by atoms with van der Waals surface area (Å²) < 4.78 is 66.6. The van der Waals surface area contributed by atoms with Crippen LogP contribution in [0.1, 0.15) is 0 Å². The second-order valence-corrected chi connectivity index (χ2v) is 11.0. The second-order valence-electron chi connectivity index (χ2n) is 3.19. The van der Waals surface area contributed by atoms with E-state index in [9.17, 15) is 27.4 Å². The molecule has 0 spiro atoms. The van der Waals surface area contributed by atoms with Crippen molar-refractivity contribution in [3.8, 4) is 0 Å². The fraction of sp³-hybridized carbons (Fsp3) is 0. The standard InChI is InChI=1S/4Fe.3H4O7P2/c;;;;3*1-8(2,3)7-9(4,5)6/h;;;;3*(H2,1,2,3)(H2,4,5,6). The molecule has 0 rings (SSSR count). The van der Waals surface area contributed by atoms with Gasteiger partial charge in [0.05, 0.1) is 0 Å². The Morgan fingerprint density at radius 2 is 0.355 bits per heavy atom. The van der Waals surface area contributed by atoms with E-state index in [0.29, 0.717) is 0 Å². The van der Waals surface area contributed by atoms with Crippen LogP contribution in [0.15, 0.2) is 0 Å². The van der Waals surface area contributed by atoms with Crippen molar-refractivity contribution in [2.45, 2.75) is 0 Å². The van der Waals surface area contributed by atoms with Gasteiger partial charge in [0.1, 0.15) is 0 Å². The Balaban J connectivity index is -0.0000000524. The van der Waals surface area contributed by atoms with Crippen molar-refractivity contribution in [3.05, 3.63) is 0 Å². The first kappa shape index (κ1) is 50.7. The summed E-state index contributed by atoms with van der Waals surface area (Å²) in [6, 6.07) is 0. The summed E-state index contributed by atoms with van der Waals surface area (Å²) in [6.45, 7) is 0. The molecule has 31 heteroatoms. The normalized spacial score (nSPS) is 12.0. The van der Waals surface area contributed by atoms with E-state index in [0.717, 1.165) is 0 Å². The molecule has 0 amide bonds. The summed E-state index contributed by atoms with van der Waals surface area (Å²) >= 11 is 0. The SMILES string of the molecule is O=P(O)(O)OP(=O)(O)O.O=P(O)(O)OP(=O)(O)O.O=P(O)(O)OP(=O)(O)O.[Fe].[Fe].[Fe].[Fe]. The molecule has 0 aromatic rings. The third-order valence-corrected chi connectivity index (χ3v) is 5.74. The maximum absolute atomic E-state index is 9.63. The zero-order valence-corrected chi connectivity index (χ0v) is 22.9. The molecule has 0 radical (unpaired) electrons. The van der Waals surface area contributed by atoms with Gasteiger partial charge in [-0.25, -0.2) is 27.4 Å². The molecule has 12 N–H and O–H groups in total.